The van der Waals surface area contributed by atoms with Crippen LogP contribution in [0, 0.1) is 0 Å². The van der Waals surface area contributed by atoms with Crippen LogP contribution in [0.5, 0.6) is 0 Å². The number of nitrogens with one attached hydrogen (secondary N) is 1. The highest BCUT2D eigenvalue weighted by molar-refractivity contribution is 5.87. The molecule has 1 aliphatic heterocycles. The van der Waals surface area contributed by atoms with Crippen LogP contribution in [0.25, 0.3) is 11.0 Å². The Morgan fingerprint density at radius 1 is 1.48 bits per heavy atom. The molecule has 0 saturated carbocycles. The molecule has 1 amide bonds. The van der Waals surface area contributed by atoms with Gasteiger partial charge in [0.1, 0.15) is 5.65 Å². The molecule has 2 aromatic rings. The molecule has 1 aliphatic rings. The van der Waals surface area contributed by atoms with Gasteiger partial charge in [0.2, 0.25) is 5.91 Å². The molecule has 1 saturated heterocycles. The van der Waals surface area contributed by atoms with Gasteiger partial charge in [0.25, 0.3) is 0 Å². The van der Waals surface area contributed by atoms with Crippen molar-refractivity contribution < 1.29 is 4.79 Å². The summed E-state index contributed by atoms with van der Waals surface area (Å²) in [6.07, 6.45) is 7.33. The Morgan fingerprint density at radius 3 is 3.14 bits per heavy atom. The van der Waals surface area contributed by atoms with Crippen molar-refractivity contribution in [2.24, 2.45) is 5.73 Å². The predicted octanol–water partition coefficient (Wildman–Crippen LogP) is 1.87. The summed E-state index contributed by atoms with van der Waals surface area (Å²) in [7, 11) is 0. The van der Waals surface area contributed by atoms with E-state index in [9.17, 15) is 4.79 Å². The van der Waals surface area contributed by atoms with Crippen molar-refractivity contribution in [1.29, 1.82) is 0 Å². The van der Waals surface area contributed by atoms with E-state index in [1.165, 1.54) is 6.42 Å². The second-order valence-electron chi connectivity index (χ2n) is 5.36. The number of aromatic nitrogens is 2. The smallest absolute Gasteiger partial charge is 0.227 e. The highest BCUT2D eigenvalue weighted by atomic mass is 35.5. The number of likely N-dealkylation sites (tertiary alicyclic amines) is 1. The van der Waals surface area contributed by atoms with Gasteiger partial charge in [-0.3, -0.25) is 4.79 Å². The van der Waals surface area contributed by atoms with Gasteiger partial charge >= 0.3 is 0 Å². The van der Waals surface area contributed by atoms with Gasteiger partial charge in [-0.05, 0) is 37.0 Å². The van der Waals surface area contributed by atoms with Gasteiger partial charge in [0, 0.05) is 36.9 Å². The number of hydrogen-bond donors (Lipinski definition) is 2. The summed E-state index contributed by atoms with van der Waals surface area (Å²) in [5.41, 5.74) is 7.64. The molecule has 0 radical (unpaired) electrons. The van der Waals surface area contributed by atoms with Gasteiger partial charge in [-0.1, -0.05) is 0 Å². The minimum atomic E-state index is 0. The molecule has 3 N–H and O–H groups in total. The van der Waals surface area contributed by atoms with E-state index in [0.717, 1.165) is 36.0 Å². The zero-order valence-electron chi connectivity index (χ0n) is 11.9. The maximum absolute atomic E-state index is 12.5. The Kier molecular flexibility index (Phi) is 5.20. The molecule has 0 spiro atoms. The third-order valence-electron chi connectivity index (χ3n) is 4.10. The first-order valence-corrected chi connectivity index (χ1v) is 7.20. The average Bonchev–Trinajstić information content (AvgIpc) is 2.90. The van der Waals surface area contributed by atoms with Crippen molar-refractivity contribution in [3.05, 3.63) is 30.1 Å². The summed E-state index contributed by atoms with van der Waals surface area (Å²) in [4.78, 5) is 21.8. The fourth-order valence-electron chi connectivity index (χ4n) is 3.00. The van der Waals surface area contributed by atoms with Gasteiger partial charge < -0.3 is 15.6 Å². The number of amides is 1. The van der Waals surface area contributed by atoms with Crippen LogP contribution in [0.1, 0.15) is 24.8 Å². The molecule has 2 aromatic heterocycles. The quantitative estimate of drug-likeness (QED) is 0.909. The van der Waals surface area contributed by atoms with Crippen LogP contribution in [0.2, 0.25) is 0 Å². The van der Waals surface area contributed by atoms with Crippen molar-refractivity contribution in [1.82, 2.24) is 14.9 Å². The first-order chi connectivity index (χ1) is 9.79. The number of rotatable bonds is 3. The number of halogens is 1. The summed E-state index contributed by atoms with van der Waals surface area (Å²) in [6, 6.07) is 4.10. The summed E-state index contributed by atoms with van der Waals surface area (Å²) in [5.74, 6) is 0.171. The largest absolute Gasteiger partial charge is 0.346 e. The van der Waals surface area contributed by atoms with Crippen LogP contribution in [0.15, 0.2) is 24.5 Å². The highest BCUT2D eigenvalue weighted by Crippen LogP contribution is 2.20. The number of H-pyrrole nitrogens is 1. The van der Waals surface area contributed by atoms with E-state index in [2.05, 4.69) is 9.97 Å². The Labute approximate surface area is 130 Å². The minimum absolute atomic E-state index is 0. The van der Waals surface area contributed by atoms with E-state index < -0.39 is 0 Å². The maximum Gasteiger partial charge on any atom is 0.227 e. The summed E-state index contributed by atoms with van der Waals surface area (Å²) < 4.78 is 0. The average molecular weight is 309 g/mol. The lowest BCUT2D eigenvalue weighted by atomic mass is 10.0. The van der Waals surface area contributed by atoms with Crippen LogP contribution >= 0.6 is 12.4 Å². The fraction of sp³-hybridized carbons (Fsp3) is 0.467. The maximum atomic E-state index is 12.5. The van der Waals surface area contributed by atoms with Gasteiger partial charge in [-0.2, -0.15) is 0 Å². The third kappa shape index (κ3) is 3.19. The summed E-state index contributed by atoms with van der Waals surface area (Å²) in [6.45, 7) is 1.39. The molecule has 21 heavy (non-hydrogen) atoms. The van der Waals surface area contributed by atoms with Crippen molar-refractivity contribution in [3.63, 3.8) is 0 Å². The zero-order valence-corrected chi connectivity index (χ0v) is 12.7. The first kappa shape index (κ1) is 15.8. The van der Waals surface area contributed by atoms with E-state index in [0.29, 0.717) is 13.0 Å². The Morgan fingerprint density at radius 2 is 2.33 bits per heavy atom. The van der Waals surface area contributed by atoms with Crippen LogP contribution in [0.3, 0.4) is 0 Å². The lowest BCUT2D eigenvalue weighted by Crippen LogP contribution is -2.48. The lowest BCUT2D eigenvalue weighted by Gasteiger charge is -2.35. The number of hydrogen-bond acceptors (Lipinski definition) is 3. The molecule has 3 rings (SSSR count). The second-order valence-corrected chi connectivity index (χ2v) is 5.36. The van der Waals surface area contributed by atoms with Crippen LogP contribution < -0.4 is 5.73 Å². The zero-order chi connectivity index (χ0) is 13.9. The number of carbonyl (C=O) groups is 1. The van der Waals surface area contributed by atoms with E-state index in [4.69, 9.17) is 5.73 Å². The van der Waals surface area contributed by atoms with Crippen LogP contribution in [-0.4, -0.2) is 39.9 Å². The van der Waals surface area contributed by atoms with Gasteiger partial charge in [-0.25, -0.2) is 4.98 Å². The number of fused-ring (bicyclic) bond motifs is 1. The van der Waals surface area contributed by atoms with Crippen molar-refractivity contribution in [3.8, 4) is 0 Å². The van der Waals surface area contributed by atoms with Gasteiger partial charge in [-0.15, -0.1) is 12.4 Å². The first-order valence-electron chi connectivity index (χ1n) is 7.20. The second kappa shape index (κ2) is 6.91. The van der Waals surface area contributed by atoms with Gasteiger partial charge in [0.15, 0.2) is 0 Å². The number of pyridine rings is 1. The van der Waals surface area contributed by atoms with Crippen molar-refractivity contribution in [2.45, 2.75) is 31.7 Å². The number of nitrogens with zero attached hydrogens (tertiary/aromatic N) is 2. The Bertz CT molecular complexity index is 612. The molecule has 1 unspecified atom stereocenters. The number of nitrogens with two attached hydrogens (primary N) is 1. The van der Waals surface area contributed by atoms with Crippen molar-refractivity contribution in [2.75, 3.05) is 13.1 Å². The van der Waals surface area contributed by atoms with Crippen molar-refractivity contribution >= 4 is 29.3 Å². The Hall–Kier alpha value is -1.59. The van der Waals surface area contributed by atoms with E-state index in [-0.39, 0.29) is 24.4 Å². The molecule has 1 atom stereocenters. The number of carbonyl (C=O) groups excluding carboxylic acids is 1. The summed E-state index contributed by atoms with van der Waals surface area (Å²) >= 11 is 0. The highest BCUT2D eigenvalue weighted by Gasteiger charge is 2.25. The molecular formula is C15H21ClN4O. The third-order valence-corrected chi connectivity index (χ3v) is 4.10. The molecule has 5 nitrogen and oxygen atoms in total. The Balaban J connectivity index is 0.00000161. The topological polar surface area (TPSA) is 75.0 Å². The fourth-order valence-corrected chi connectivity index (χ4v) is 3.00. The predicted molar refractivity (Wildman–Crippen MR) is 85.5 cm³/mol. The monoisotopic (exact) mass is 308 g/mol. The summed E-state index contributed by atoms with van der Waals surface area (Å²) in [5, 5.41) is 1.03. The van der Waals surface area contributed by atoms with Crippen LogP contribution in [0.4, 0.5) is 0 Å². The van der Waals surface area contributed by atoms with Crippen LogP contribution in [-0.2, 0) is 11.2 Å². The molecule has 1 fully saturated rings. The standard InChI is InChI=1S/C15H20N4O.ClH/c16-9-12-4-1-2-7-19(12)14(20)8-11-10-18-15-13(11)5-3-6-17-15;/h3,5-6,10,12H,1-2,4,7-9,16H2,(H,17,18);1H. The number of aromatic amines is 1. The lowest BCUT2D eigenvalue weighted by molar-refractivity contribution is -0.133. The molecular weight excluding hydrogens is 288 g/mol. The molecule has 114 valence electrons. The SMILES string of the molecule is Cl.NCC1CCCCN1C(=O)Cc1c[nH]c2ncccc12. The van der Waals surface area contributed by atoms with Gasteiger partial charge in [0.05, 0.1) is 6.42 Å². The molecule has 0 bridgehead atoms. The normalized spacial score (nSPS) is 18.5. The minimum Gasteiger partial charge on any atom is -0.346 e. The van der Waals surface area contributed by atoms with E-state index >= 15 is 0 Å². The molecule has 3 heterocycles. The number of piperidine rings is 1. The molecule has 0 aliphatic carbocycles. The molecule has 0 aromatic carbocycles. The molecule has 6 heteroatoms. The van der Waals surface area contributed by atoms with E-state index in [1.807, 2.05) is 23.2 Å². The van der Waals surface area contributed by atoms with E-state index in [1.54, 1.807) is 6.20 Å².